The Morgan fingerprint density at radius 2 is 2.19 bits per heavy atom. The minimum absolute atomic E-state index is 0.225. The first-order valence-electron chi connectivity index (χ1n) is 5.35. The molecule has 0 aliphatic carbocycles. The van der Waals surface area contributed by atoms with Gasteiger partial charge in [0.2, 0.25) is 0 Å². The van der Waals surface area contributed by atoms with Crippen LogP contribution in [0.4, 0.5) is 0 Å². The maximum absolute atomic E-state index is 5.90. The molecule has 2 aromatic heterocycles. The molecule has 3 N–H and O–H groups in total. The number of nitrogens with two attached hydrogens (primary N) is 1. The van der Waals surface area contributed by atoms with Gasteiger partial charge in [0.25, 0.3) is 0 Å². The lowest BCUT2D eigenvalue weighted by Gasteiger charge is -2.21. The summed E-state index contributed by atoms with van der Waals surface area (Å²) in [4.78, 5) is 7.34. The molecule has 0 saturated heterocycles. The normalized spacial score (nSPS) is 12.0. The Morgan fingerprint density at radius 3 is 2.81 bits per heavy atom. The summed E-state index contributed by atoms with van der Waals surface area (Å²) in [6, 6.07) is 1.88. The summed E-state index contributed by atoms with van der Waals surface area (Å²) < 4.78 is 5.90. The number of hydrogen-bond acceptors (Lipinski definition) is 3. The zero-order valence-corrected chi connectivity index (χ0v) is 9.87. The Morgan fingerprint density at radius 1 is 1.44 bits per heavy atom. The van der Waals surface area contributed by atoms with Crippen LogP contribution >= 0.6 is 0 Å². The molecule has 0 spiro atoms. The van der Waals surface area contributed by atoms with E-state index in [1.807, 2.05) is 33.0 Å². The number of fused-ring (bicyclic) bond motifs is 1. The molecule has 4 heteroatoms. The van der Waals surface area contributed by atoms with Crippen molar-refractivity contribution < 1.29 is 4.74 Å². The minimum atomic E-state index is -0.225. The number of aromatic amines is 1. The Hall–Kier alpha value is -1.55. The van der Waals surface area contributed by atoms with Crippen LogP contribution in [0.15, 0.2) is 18.5 Å². The number of aromatic nitrogens is 2. The molecule has 0 amide bonds. The Labute approximate surface area is 94.8 Å². The second-order valence-corrected chi connectivity index (χ2v) is 4.77. The molecule has 0 saturated carbocycles. The van der Waals surface area contributed by atoms with E-state index in [4.69, 9.17) is 10.5 Å². The number of ether oxygens (including phenoxy) is 1. The highest BCUT2D eigenvalue weighted by molar-refractivity contribution is 5.86. The second kappa shape index (κ2) is 3.79. The zero-order valence-electron chi connectivity index (χ0n) is 9.87. The van der Waals surface area contributed by atoms with E-state index < -0.39 is 0 Å². The van der Waals surface area contributed by atoms with Crippen LogP contribution in [-0.2, 0) is 6.54 Å². The van der Waals surface area contributed by atoms with Crippen LogP contribution in [0, 0.1) is 0 Å². The third kappa shape index (κ3) is 2.02. The lowest BCUT2D eigenvalue weighted by molar-refractivity contribution is 0.133. The fourth-order valence-corrected chi connectivity index (χ4v) is 1.67. The lowest BCUT2D eigenvalue weighted by atomic mass is 10.1. The Kier molecular flexibility index (Phi) is 2.59. The molecule has 4 nitrogen and oxygen atoms in total. The van der Waals surface area contributed by atoms with Gasteiger partial charge >= 0.3 is 0 Å². The summed E-state index contributed by atoms with van der Waals surface area (Å²) in [5.74, 6) is 0.833. The molecule has 0 aromatic carbocycles. The molecule has 0 aliphatic heterocycles. The van der Waals surface area contributed by atoms with Gasteiger partial charge in [-0.15, -0.1) is 0 Å². The highest BCUT2D eigenvalue weighted by atomic mass is 16.5. The predicted octanol–water partition coefficient (Wildman–Crippen LogP) is 2.20. The van der Waals surface area contributed by atoms with E-state index in [-0.39, 0.29) is 5.60 Å². The monoisotopic (exact) mass is 219 g/mol. The van der Waals surface area contributed by atoms with E-state index in [0.717, 1.165) is 22.3 Å². The van der Waals surface area contributed by atoms with Crippen LogP contribution in [0.5, 0.6) is 5.75 Å². The second-order valence-electron chi connectivity index (χ2n) is 4.77. The molecular formula is C12H17N3O. The maximum Gasteiger partial charge on any atom is 0.141 e. The van der Waals surface area contributed by atoms with Crippen LogP contribution in [0.2, 0.25) is 0 Å². The van der Waals surface area contributed by atoms with Gasteiger partial charge in [0.1, 0.15) is 17.0 Å². The van der Waals surface area contributed by atoms with E-state index in [0.29, 0.717) is 6.54 Å². The molecule has 2 rings (SSSR count). The fraction of sp³-hybridized carbons (Fsp3) is 0.417. The van der Waals surface area contributed by atoms with Crippen LogP contribution in [0.3, 0.4) is 0 Å². The summed E-state index contributed by atoms with van der Waals surface area (Å²) in [6.07, 6.45) is 3.62. The van der Waals surface area contributed by atoms with Gasteiger partial charge < -0.3 is 15.5 Å². The minimum Gasteiger partial charge on any atom is -0.487 e. The average molecular weight is 219 g/mol. The summed E-state index contributed by atoms with van der Waals surface area (Å²) >= 11 is 0. The summed E-state index contributed by atoms with van der Waals surface area (Å²) in [7, 11) is 0. The first kappa shape index (κ1) is 11.0. The lowest BCUT2D eigenvalue weighted by Crippen LogP contribution is -2.23. The molecule has 0 fully saturated rings. The van der Waals surface area contributed by atoms with Gasteiger partial charge in [-0.05, 0) is 32.4 Å². The van der Waals surface area contributed by atoms with Crippen molar-refractivity contribution in [2.24, 2.45) is 5.73 Å². The quantitative estimate of drug-likeness (QED) is 0.813. The molecule has 0 unspecified atom stereocenters. The van der Waals surface area contributed by atoms with Gasteiger partial charge in [-0.3, -0.25) is 0 Å². The third-order valence-electron chi connectivity index (χ3n) is 2.25. The van der Waals surface area contributed by atoms with Crippen molar-refractivity contribution >= 4 is 11.0 Å². The first-order chi connectivity index (χ1) is 7.51. The van der Waals surface area contributed by atoms with E-state index in [9.17, 15) is 0 Å². The van der Waals surface area contributed by atoms with Gasteiger partial charge in [0.05, 0.1) is 5.39 Å². The SMILES string of the molecule is CC(C)(C)Oc1ccnc2[nH]cc(CN)c12. The smallest absolute Gasteiger partial charge is 0.141 e. The standard InChI is InChI=1S/C12H17N3O/c1-12(2,3)16-9-4-5-14-11-10(9)8(6-13)7-15-11/h4-5,7H,6,13H2,1-3H3,(H,14,15). The van der Waals surface area contributed by atoms with Gasteiger partial charge in [0, 0.05) is 18.9 Å². The van der Waals surface area contributed by atoms with Crippen molar-refractivity contribution in [3.8, 4) is 5.75 Å². The maximum atomic E-state index is 5.90. The molecule has 0 bridgehead atoms. The largest absolute Gasteiger partial charge is 0.487 e. The van der Waals surface area contributed by atoms with Crippen molar-refractivity contribution in [1.82, 2.24) is 9.97 Å². The number of pyridine rings is 1. The van der Waals surface area contributed by atoms with Gasteiger partial charge in [-0.1, -0.05) is 0 Å². The summed E-state index contributed by atoms with van der Waals surface area (Å²) in [6.45, 7) is 6.54. The molecule has 0 atom stereocenters. The Bertz CT molecular complexity index is 496. The highest BCUT2D eigenvalue weighted by Crippen LogP contribution is 2.29. The van der Waals surface area contributed by atoms with Crippen LogP contribution in [0.1, 0.15) is 26.3 Å². The van der Waals surface area contributed by atoms with Crippen LogP contribution in [-0.4, -0.2) is 15.6 Å². The van der Waals surface area contributed by atoms with E-state index >= 15 is 0 Å². The predicted molar refractivity (Wildman–Crippen MR) is 64.4 cm³/mol. The Balaban J connectivity index is 2.55. The number of rotatable bonds is 2. The fourth-order valence-electron chi connectivity index (χ4n) is 1.67. The van der Waals surface area contributed by atoms with Crippen molar-refractivity contribution in [2.45, 2.75) is 32.9 Å². The van der Waals surface area contributed by atoms with E-state index in [1.165, 1.54) is 0 Å². The molecule has 2 aromatic rings. The topological polar surface area (TPSA) is 63.9 Å². The molecule has 2 heterocycles. The average Bonchev–Trinajstić information content (AvgIpc) is 2.59. The number of H-pyrrole nitrogens is 1. The molecule has 0 aliphatic rings. The van der Waals surface area contributed by atoms with E-state index in [1.54, 1.807) is 6.20 Å². The van der Waals surface area contributed by atoms with Crippen LogP contribution < -0.4 is 10.5 Å². The number of nitrogens with zero attached hydrogens (tertiary/aromatic N) is 1. The van der Waals surface area contributed by atoms with Gasteiger partial charge in [0.15, 0.2) is 0 Å². The third-order valence-corrected chi connectivity index (χ3v) is 2.25. The molecular weight excluding hydrogens is 202 g/mol. The van der Waals surface area contributed by atoms with Gasteiger partial charge in [-0.25, -0.2) is 4.98 Å². The van der Waals surface area contributed by atoms with Gasteiger partial charge in [-0.2, -0.15) is 0 Å². The van der Waals surface area contributed by atoms with Crippen molar-refractivity contribution in [3.63, 3.8) is 0 Å². The van der Waals surface area contributed by atoms with Crippen molar-refractivity contribution in [1.29, 1.82) is 0 Å². The number of hydrogen-bond donors (Lipinski definition) is 2. The van der Waals surface area contributed by atoms with Crippen LogP contribution in [0.25, 0.3) is 11.0 Å². The summed E-state index contributed by atoms with van der Waals surface area (Å²) in [5.41, 5.74) is 7.32. The van der Waals surface area contributed by atoms with Crippen molar-refractivity contribution in [2.75, 3.05) is 0 Å². The zero-order chi connectivity index (χ0) is 11.8. The molecule has 16 heavy (non-hydrogen) atoms. The molecule has 86 valence electrons. The number of nitrogens with one attached hydrogen (secondary N) is 1. The summed E-state index contributed by atoms with van der Waals surface area (Å²) in [5, 5.41) is 0.986. The first-order valence-corrected chi connectivity index (χ1v) is 5.35. The van der Waals surface area contributed by atoms with Crippen molar-refractivity contribution in [3.05, 3.63) is 24.0 Å². The highest BCUT2D eigenvalue weighted by Gasteiger charge is 2.16. The van der Waals surface area contributed by atoms with E-state index in [2.05, 4.69) is 9.97 Å². The molecule has 0 radical (unpaired) electrons.